The number of hydrogen-bond acceptors (Lipinski definition) is 8. The first-order chi connectivity index (χ1) is 11.2. The molecule has 3 atom stereocenters. The van der Waals surface area contributed by atoms with E-state index in [0.717, 1.165) is 0 Å². The summed E-state index contributed by atoms with van der Waals surface area (Å²) in [6.45, 7) is -0.594. The maximum absolute atomic E-state index is 11.3. The zero-order chi connectivity index (χ0) is 17.5. The van der Waals surface area contributed by atoms with E-state index in [0.29, 0.717) is 5.75 Å². The second kappa shape index (κ2) is 6.28. The first-order valence-corrected chi connectivity index (χ1v) is 8.39. The Hall–Kier alpha value is -1.75. The van der Waals surface area contributed by atoms with E-state index in [1.54, 1.807) is 0 Å². The Morgan fingerprint density at radius 1 is 1.33 bits per heavy atom. The van der Waals surface area contributed by atoms with Gasteiger partial charge in [0, 0.05) is 6.42 Å². The molecular formula is C12H14NO10P. The number of aliphatic hydroxyl groups is 1. The number of hydrogen-bond donors (Lipinski definition) is 3. The highest BCUT2D eigenvalue weighted by molar-refractivity contribution is 7.46. The van der Waals surface area contributed by atoms with Crippen molar-refractivity contribution in [2.75, 3.05) is 13.4 Å². The van der Waals surface area contributed by atoms with Crippen LogP contribution < -0.4 is 9.47 Å². The van der Waals surface area contributed by atoms with E-state index in [2.05, 4.69) is 4.52 Å². The predicted molar refractivity (Wildman–Crippen MR) is 75.5 cm³/mol. The molecule has 0 saturated carbocycles. The average molecular weight is 363 g/mol. The molecule has 0 spiro atoms. The van der Waals surface area contributed by atoms with Crippen LogP contribution in [0, 0.1) is 10.1 Å². The fourth-order valence-electron chi connectivity index (χ4n) is 2.61. The van der Waals surface area contributed by atoms with Crippen LogP contribution in [-0.2, 0) is 13.8 Å². The molecule has 0 aromatic heterocycles. The number of aliphatic hydroxyl groups excluding tert-OH is 1. The fourth-order valence-corrected chi connectivity index (χ4v) is 2.95. The van der Waals surface area contributed by atoms with Crippen LogP contribution in [0.4, 0.5) is 5.69 Å². The number of ether oxygens (including phenoxy) is 3. The van der Waals surface area contributed by atoms with E-state index >= 15 is 0 Å². The number of nitro benzene ring substituents is 1. The molecule has 0 bridgehead atoms. The van der Waals surface area contributed by atoms with Crippen molar-refractivity contribution in [3.8, 4) is 11.5 Å². The fraction of sp³-hybridized carbons (Fsp3) is 0.500. The molecule has 1 fully saturated rings. The van der Waals surface area contributed by atoms with Crippen LogP contribution in [0.2, 0.25) is 0 Å². The topological polar surface area (TPSA) is 158 Å². The van der Waals surface area contributed by atoms with Crippen LogP contribution in [0.15, 0.2) is 12.1 Å². The monoisotopic (exact) mass is 363 g/mol. The molecule has 132 valence electrons. The number of phosphoric ester groups is 1. The molecule has 2 aliphatic heterocycles. The number of rotatable bonds is 5. The molecule has 3 rings (SSSR count). The molecule has 2 heterocycles. The zero-order valence-corrected chi connectivity index (χ0v) is 13.0. The quantitative estimate of drug-likeness (QED) is 0.385. The largest absolute Gasteiger partial charge is 0.469 e. The van der Waals surface area contributed by atoms with Gasteiger partial charge in [0.2, 0.25) is 6.79 Å². The molecule has 0 amide bonds. The average Bonchev–Trinajstić information content (AvgIpc) is 3.08. The Bertz CT molecular complexity index is 703. The Balaban J connectivity index is 1.82. The number of nitro groups is 1. The van der Waals surface area contributed by atoms with Crippen molar-refractivity contribution in [2.45, 2.75) is 24.7 Å². The summed E-state index contributed by atoms with van der Waals surface area (Å²) in [4.78, 5) is 28.1. The Morgan fingerprint density at radius 2 is 2.00 bits per heavy atom. The molecule has 1 aromatic rings. The Morgan fingerprint density at radius 3 is 2.62 bits per heavy atom. The standard InChI is InChI=1S/C12H14NO10P/c14-8-3-9(23-12(8)4-22-24(17,18)19)6-1-10-11(21-5-20-10)2-7(6)13(15)16/h1-2,8-9,12,14H,3-5H2,(H2,17,18,19)/t8-,9+,12+/m0/s1. The first-order valence-electron chi connectivity index (χ1n) is 6.86. The van der Waals surface area contributed by atoms with E-state index in [4.69, 9.17) is 24.0 Å². The third-order valence-electron chi connectivity index (χ3n) is 3.70. The van der Waals surface area contributed by atoms with Crippen LogP contribution in [0.3, 0.4) is 0 Å². The van der Waals surface area contributed by atoms with Crippen LogP contribution in [0.25, 0.3) is 0 Å². The molecule has 0 unspecified atom stereocenters. The Kier molecular flexibility index (Phi) is 4.47. The third-order valence-corrected chi connectivity index (χ3v) is 4.18. The maximum atomic E-state index is 11.3. The SMILES string of the molecule is O=[N+]([O-])c1cc2c(cc1[C@H]1C[C@H](O)[C@@H](COP(=O)(O)O)O1)OCO2. The lowest BCUT2D eigenvalue weighted by atomic mass is 10.0. The molecule has 2 aliphatic rings. The summed E-state index contributed by atoms with van der Waals surface area (Å²) < 4.78 is 30.8. The highest BCUT2D eigenvalue weighted by atomic mass is 31.2. The van der Waals surface area contributed by atoms with Gasteiger partial charge in [-0.1, -0.05) is 0 Å². The van der Waals surface area contributed by atoms with Crippen LogP contribution >= 0.6 is 7.82 Å². The molecule has 3 N–H and O–H groups in total. The molecule has 1 saturated heterocycles. The smallest absolute Gasteiger partial charge is 0.454 e. The van der Waals surface area contributed by atoms with Crippen LogP contribution in [0.5, 0.6) is 11.5 Å². The van der Waals surface area contributed by atoms with Crippen molar-refractivity contribution in [3.05, 3.63) is 27.8 Å². The van der Waals surface area contributed by atoms with E-state index in [1.165, 1.54) is 12.1 Å². The Labute approximate surface area is 135 Å². The maximum Gasteiger partial charge on any atom is 0.469 e. The van der Waals surface area contributed by atoms with Gasteiger partial charge in [-0.2, -0.15) is 0 Å². The van der Waals surface area contributed by atoms with Gasteiger partial charge < -0.3 is 29.1 Å². The van der Waals surface area contributed by atoms with Gasteiger partial charge in [0.25, 0.3) is 5.69 Å². The van der Waals surface area contributed by atoms with Crippen LogP contribution in [0.1, 0.15) is 18.1 Å². The summed E-state index contributed by atoms with van der Waals surface area (Å²) in [6.07, 6.45) is -2.95. The number of fused-ring (bicyclic) bond motifs is 1. The number of benzene rings is 1. The van der Waals surface area contributed by atoms with E-state index < -0.39 is 37.7 Å². The van der Waals surface area contributed by atoms with Crippen molar-refractivity contribution >= 4 is 13.5 Å². The summed E-state index contributed by atoms with van der Waals surface area (Å²) in [5.41, 5.74) is -0.0741. The van der Waals surface area contributed by atoms with E-state index in [1.807, 2.05) is 0 Å². The van der Waals surface area contributed by atoms with Gasteiger partial charge >= 0.3 is 7.82 Å². The molecule has 12 heteroatoms. The second-order valence-electron chi connectivity index (χ2n) is 5.27. The molecule has 1 aromatic carbocycles. The highest BCUT2D eigenvalue weighted by Gasteiger charge is 2.40. The van der Waals surface area contributed by atoms with Crippen molar-refractivity contribution in [1.82, 2.24) is 0 Å². The van der Waals surface area contributed by atoms with Gasteiger partial charge in [-0.15, -0.1) is 0 Å². The first kappa shape index (κ1) is 17.1. The van der Waals surface area contributed by atoms with E-state index in [-0.39, 0.29) is 30.2 Å². The minimum Gasteiger partial charge on any atom is -0.454 e. The van der Waals surface area contributed by atoms with Gasteiger partial charge in [-0.05, 0) is 6.07 Å². The van der Waals surface area contributed by atoms with Gasteiger partial charge in [0.1, 0.15) is 6.10 Å². The minimum absolute atomic E-state index is 0.00959. The minimum atomic E-state index is -4.71. The molecule has 24 heavy (non-hydrogen) atoms. The second-order valence-corrected chi connectivity index (χ2v) is 6.51. The zero-order valence-electron chi connectivity index (χ0n) is 12.1. The van der Waals surface area contributed by atoms with Gasteiger partial charge in [0.15, 0.2) is 11.5 Å². The lowest BCUT2D eigenvalue weighted by Gasteiger charge is -2.15. The lowest BCUT2D eigenvalue weighted by molar-refractivity contribution is -0.386. The summed E-state index contributed by atoms with van der Waals surface area (Å²) >= 11 is 0. The van der Waals surface area contributed by atoms with Gasteiger partial charge in [-0.3, -0.25) is 14.6 Å². The summed E-state index contributed by atoms with van der Waals surface area (Å²) in [7, 11) is -4.71. The molecule has 0 aliphatic carbocycles. The predicted octanol–water partition coefficient (Wildman–Crippen LogP) is 0.624. The number of phosphoric acid groups is 1. The van der Waals surface area contributed by atoms with Gasteiger partial charge in [-0.25, -0.2) is 4.57 Å². The third kappa shape index (κ3) is 3.51. The normalized spacial score (nSPS) is 25.9. The molecule has 11 nitrogen and oxygen atoms in total. The molecular weight excluding hydrogens is 349 g/mol. The van der Waals surface area contributed by atoms with Gasteiger partial charge in [0.05, 0.1) is 35.4 Å². The van der Waals surface area contributed by atoms with Crippen molar-refractivity contribution in [3.63, 3.8) is 0 Å². The van der Waals surface area contributed by atoms with Crippen molar-refractivity contribution < 1.29 is 43.1 Å². The summed E-state index contributed by atoms with van der Waals surface area (Å²) in [5.74, 6) is 0.564. The van der Waals surface area contributed by atoms with E-state index in [9.17, 15) is 19.8 Å². The molecule has 0 radical (unpaired) electrons. The highest BCUT2D eigenvalue weighted by Crippen LogP contribution is 2.45. The van der Waals surface area contributed by atoms with Crippen molar-refractivity contribution in [1.29, 1.82) is 0 Å². The number of nitrogens with zero attached hydrogens (tertiary/aromatic N) is 1. The summed E-state index contributed by atoms with van der Waals surface area (Å²) in [6, 6.07) is 2.62. The van der Waals surface area contributed by atoms with Crippen molar-refractivity contribution in [2.24, 2.45) is 0 Å². The summed E-state index contributed by atoms with van der Waals surface area (Å²) in [5, 5.41) is 21.2. The lowest BCUT2D eigenvalue weighted by Crippen LogP contribution is -2.25. The van der Waals surface area contributed by atoms with Crippen LogP contribution in [-0.4, -0.2) is 45.4 Å².